The summed E-state index contributed by atoms with van der Waals surface area (Å²) in [5.74, 6) is 1.43. The van der Waals surface area contributed by atoms with Crippen molar-refractivity contribution in [2.75, 3.05) is 19.7 Å². The predicted octanol–water partition coefficient (Wildman–Crippen LogP) is 4.70. The third-order valence-electron chi connectivity index (χ3n) is 5.93. The van der Waals surface area contributed by atoms with Gasteiger partial charge in [-0.2, -0.15) is 0 Å². The van der Waals surface area contributed by atoms with Crippen LogP contribution in [-0.4, -0.2) is 42.5 Å². The molecular formula is C28H30N2O4. The first-order valence-corrected chi connectivity index (χ1v) is 11.7. The van der Waals surface area contributed by atoms with Crippen LogP contribution in [0, 0.1) is 0 Å². The molecule has 1 fully saturated rings. The summed E-state index contributed by atoms with van der Waals surface area (Å²) in [5.41, 5.74) is 2.11. The van der Waals surface area contributed by atoms with Gasteiger partial charge in [-0.05, 0) is 62.2 Å². The fourth-order valence-corrected chi connectivity index (χ4v) is 4.08. The quantitative estimate of drug-likeness (QED) is 0.531. The minimum absolute atomic E-state index is 0.0104. The summed E-state index contributed by atoms with van der Waals surface area (Å²) in [7, 11) is 0. The maximum atomic E-state index is 13.0. The van der Waals surface area contributed by atoms with Crippen LogP contribution in [0.15, 0.2) is 78.9 Å². The average Bonchev–Trinajstić information content (AvgIpc) is 2.89. The standard InChI is InChI=1S/C28H30N2O4/c1-2-33-25-14-12-21(13-15-25)28(32)30-18-16-23(17-19-30)29-27(31)26-11-7-6-8-22(26)20-34-24-9-4-3-5-10-24/h3-15,23H,2,16-20H2,1H3,(H,29,31). The molecule has 6 nitrogen and oxygen atoms in total. The molecule has 0 spiro atoms. The van der Waals surface area contributed by atoms with Gasteiger partial charge >= 0.3 is 0 Å². The minimum atomic E-state index is -0.108. The summed E-state index contributed by atoms with van der Waals surface area (Å²) in [5, 5.41) is 3.15. The van der Waals surface area contributed by atoms with Crippen molar-refractivity contribution in [1.29, 1.82) is 0 Å². The van der Waals surface area contributed by atoms with Crippen molar-refractivity contribution in [1.82, 2.24) is 10.2 Å². The van der Waals surface area contributed by atoms with E-state index < -0.39 is 0 Å². The fourth-order valence-electron chi connectivity index (χ4n) is 4.08. The molecule has 1 saturated heterocycles. The lowest BCUT2D eigenvalue weighted by Gasteiger charge is -2.32. The normalized spacial score (nSPS) is 13.9. The van der Waals surface area contributed by atoms with Gasteiger partial charge < -0.3 is 19.7 Å². The Morgan fingerprint density at radius 3 is 2.21 bits per heavy atom. The second-order valence-electron chi connectivity index (χ2n) is 8.26. The molecule has 1 aliphatic heterocycles. The third-order valence-corrected chi connectivity index (χ3v) is 5.93. The van der Waals surface area contributed by atoms with Gasteiger partial charge in [0.2, 0.25) is 0 Å². The number of piperidine rings is 1. The Labute approximate surface area is 200 Å². The monoisotopic (exact) mass is 458 g/mol. The van der Waals surface area contributed by atoms with E-state index in [-0.39, 0.29) is 17.9 Å². The zero-order chi connectivity index (χ0) is 23.8. The predicted molar refractivity (Wildman–Crippen MR) is 131 cm³/mol. The highest BCUT2D eigenvalue weighted by Gasteiger charge is 2.25. The van der Waals surface area contributed by atoms with Gasteiger partial charge in [-0.25, -0.2) is 0 Å². The minimum Gasteiger partial charge on any atom is -0.494 e. The van der Waals surface area contributed by atoms with Gasteiger partial charge in [0.05, 0.1) is 6.61 Å². The van der Waals surface area contributed by atoms with Gasteiger partial charge in [-0.15, -0.1) is 0 Å². The van der Waals surface area contributed by atoms with Crippen LogP contribution < -0.4 is 14.8 Å². The number of hydrogen-bond donors (Lipinski definition) is 1. The first kappa shape index (κ1) is 23.4. The molecule has 4 rings (SSSR count). The summed E-state index contributed by atoms with van der Waals surface area (Å²) in [4.78, 5) is 27.7. The molecule has 0 bridgehead atoms. The maximum absolute atomic E-state index is 13.0. The molecule has 0 atom stereocenters. The smallest absolute Gasteiger partial charge is 0.253 e. The van der Waals surface area contributed by atoms with Gasteiger partial charge in [0.1, 0.15) is 18.1 Å². The van der Waals surface area contributed by atoms with E-state index in [4.69, 9.17) is 9.47 Å². The second-order valence-corrected chi connectivity index (χ2v) is 8.26. The van der Waals surface area contributed by atoms with E-state index in [2.05, 4.69) is 5.32 Å². The number of carbonyl (C=O) groups is 2. The van der Waals surface area contributed by atoms with Crippen LogP contribution in [0.1, 0.15) is 46.0 Å². The highest BCUT2D eigenvalue weighted by molar-refractivity contribution is 5.96. The van der Waals surface area contributed by atoms with Crippen molar-refractivity contribution in [2.45, 2.75) is 32.4 Å². The van der Waals surface area contributed by atoms with Crippen LogP contribution >= 0.6 is 0 Å². The number of ether oxygens (including phenoxy) is 2. The van der Waals surface area contributed by atoms with Gasteiger partial charge in [-0.1, -0.05) is 36.4 Å². The molecule has 1 aliphatic rings. The number of likely N-dealkylation sites (tertiary alicyclic amines) is 1. The number of hydrogen-bond acceptors (Lipinski definition) is 4. The second kappa shape index (κ2) is 11.4. The fraction of sp³-hybridized carbons (Fsp3) is 0.286. The van der Waals surface area contributed by atoms with Crippen LogP contribution in [0.3, 0.4) is 0 Å². The molecule has 0 radical (unpaired) electrons. The topological polar surface area (TPSA) is 67.9 Å². The lowest BCUT2D eigenvalue weighted by Crippen LogP contribution is -2.46. The number of nitrogens with zero attached hydrogens (tertiary/aromatic N) is 1. The highest BCUT2D eigenvalue weighted by Crippen LogP contribution is 2.19. The molecule has 0 saturated carbocycles. The number of rotatable bonds is 8. The van der Waals surface area contributed by atoms with Crippen molar-refractivity contribution < 1.29 is 19.1 Å². The van der Waals surface area contributed by atoms with Gasteiger partial charge in [-0.3, -0.25) is 9.59 Å². The Bertz CT molecular complexity index is 1090. The number of nitrogens with one attached hydrogen (secondary N) is 1. The summed E-state index contributed by atoms with van der Waals surface area (Å²) >= 11 is 0. The molecule has 0 aliphatic carbocycles. The third kappa shape index (κ3) is 5.95. The zero-order valence-electron chi connectivity index (χ0n) is 19.4. The van der Waals surface area contributed by atoms with E-state index in [9.17, 15) is 9.59 Å². The molecular weight excluding hydrogens is 428 g/mol. The molecule has 1 N–H and O–H groups in total. The molecule has 0 unspecified atom stereocenters. The lowest BCUT2D eigenvalue weighted by molar-refractivity contribution is 0.0698. The van der Waals surface area contributed by atoms with Gasteiger partial charge in [0.25, 0.3) is 11.8 Å². The molecule has 0 aromatic heterocycles. The van der Waals surface area contributed by atoms with E-state index >= 15 is 0 Å². The SMILES string of the molecule is CCOc1ccc(C(=O)N2CCC(NC(=O)c3ccccc3COc3ccccc3)CC2)cc1. The van der Waals surface area contributed by atoms with E-state index in [0.29, 0.717) is 37.4 Å². The molecule has 34 heavy (non-hydrogen) atoms. The van der Waals surface area contributed by atoms with Crippen LogP contribution in [-0.2, 0) is 6.61 Å². The van der Waals surface area contributed by atoms with Crippen LogP contribution in [0.25, 0.3) is 0 Å². The van der Waals surface area contributed by atoms with Crippen LogP contribution in [0.4, 0.5) is 0 Å². The van der Waals surface area contributed by atoms with Crippen molar-refractivity contribution in [3.63, 3.8) is 0 Å². The Hall–Kier alpha value is -3.80. The molecule has 176 valence electrons. The Balaban J connectivity index is 1.30. The summed E-state index contributed by atoms with van der Waals surface area (Å²) in [6.07, 6.45) is 1.44. The summed E-state index contributed by atoms with van der Waals surface area (Å²) in [6.45, 7) is 4.06. The summed E-state index contributed by atoms with van der Waals surface area (Å²) < 4.78 is 11.3. The van der Waals surface area contributed by atoms with Crippen LogP contribution in [0.2, 0.25) is 0 Å². The number of carbonyl (C=O) groups excluding carboxylic acids is 2. The first-order valence-electron chi connectivity index (χ1n) is 11.7. The summed E-state index contributed by atoms with van der Waals surface area (Å²) in [6, 6.07) is 24.3. The zero-order valence-corrected chi connectivity index (χ0v) is 19.4. The van der Waals surface area contributed by atoms with Crippen molar-refractivity contribution in [3.05, 3.63) is 95.6 Å². The van der Waals surface area contributed by atoms with Gasteiger partial charge in [0.15, 0.2) is 0 Å². The maximum Gasteiger partial charge on any atom is 0.253 e. The Morgan fingerprint density at radius 2 is 1.50 bits per heavy atom. The molecule has 3 aromatic carbocycles. The van der Waals surface area contributed by atoms with E-state index in [1.807, 2.05) is 78.6 Å². The Kier molecular flexibility index (Phi) is 7.81. The molecule has 2 amide bonds. The lowest BCUT2D eigenvalue weighted by atomic mass is 10.0. The Morgan fingerprint density at radius 1 is 0.853 bits per heavy atom. The van der Waals surface area contributed by atoms with Gasteiger partial charge in [0, 0.05) is 35.8 Å². The number of amides is 2. The van der Waals surface area contributed by atoms with Crippen LogP contribution in [0.5, 0.6) is 11.5 Å². The van der Waals surface area contributed by atoms with E-state index in [1.54, 1.807) is 12.1 Å². The van der Waals surface area contributed by atoms with Crippen molar-refractivity contribution in [2.24, 2.45) is 0 Å². The molecule has 6 heteroatoms. The molecule has 3 aromatic rings. The van der Waals surface area contributed by atoms with E-state index in [1.165, 1.54) is 0 Å². The number of benzene rings is 3. The van der Waals surface area contributed by atoms with Crippen molar-refractivity contribution in [3.8, 4) is 11.5 Å². The molecule has 1 heterocycles. The largest absolute Gasteiger partial charge is 0.494 e. The van der Waals surface area contributed by atoms with Crippen molar-refractivity contribution >= 4 is 11.8 Å². The average molecular weight is 459 g/mol. The van der Waals surface area contributed by atoms with E-state index in [0.717, 1.165) is 29.9 Å². The number of para-hydroxylation sites is 1. The highest BCUT2D eigenvalue weighted by atomic mass is 16.5. The first-order chi connectivity index (χ1) is 16.6.